The molecule has 0 aliphatic carbocycles. The molecular formula is C23H32N2O4S. The summed E-state index contributed by atoms with van der Waals surface area (Å²) in [5.74, 6) is 0.720. The maximum Gasteiger partial charge on any atom is 0.245 e. The van der Waals surface area contributed by atoms with Crippen molar-refractivity contribution in [3.63, 3.8) is 0 Å². The summed E-state index contributed by atoms with van der Waals surface area (Å²) in [7, 11) is -3.98. The first-order valence-corrected chi connectivity index (χ1v) is 11.7. The number of nitrogens with two attached hydrogens (primary N) is 1. The van der Waals surface area contributed by atoms with Crippen molar-refractivity contribution in [2.24, 2.45) is 11.1 Å². The monoisotopic (exact) mass is 432 g/mol. The van der Waals surface area contributed by atoms with Crippen LogP contribution in [0.1, 0.15) is 38.3 Å². The first kappa shape index (κ1) is 22.7. The predicted molar refractivity (Wildman–Crippen MR) is 118 cm³/mol. The predicted octanol–water partition coefficient (Wildman–Crippen LogP) is 2.94. The molecule has 0 radical (unpaired) electrons. The van der Waals surface area contributed by atoms with Gasteiger partial charge in [0.1, 0.15) is 11.5 Å². The molecule has 1 atom stereocenters. The molecule has 3 N–H and O–H groups in total. The molecule has 1 aliphatic rings. The van der Waals surface area contributed by atoms with Gasteiger partial charge in [0.25, 0.3) is 0 Å². The lowest BCUT2D eigenvalue weighted by Gasteiger charge is -2.42. The zero-order valence-electron chi connectivity index (χ0n) is 18.0. The first-order valence-electron chi connectivity index (χ1n) is 10.3. The van der Waals surface area contributed by atoms with E-state index in [0.717, 1.165) is 16.9 Å². The van der Waals surface area contributed by atoms with Gasteiger partial charge in [-0.3, -0.25) is 0 Å². The summed E-state index contributed by atoms with van der Waals surface area (Å²) >= 11 is 0. The van der Waals surface area contributed by atoms with E-state index >= 15 is 0 Å². The van der Waals surface area contributed by atoms with E-state index in [-0.39, 0.29) is 36.2 Å². The van der Waals surface area contributed by atoms with Gasteiger partial charge in [-0.1, -0.05) is 51.1 Å². The van der Waals surface area contributed by atoms with Gasteiger partial charge in [-0.25, -0.2) is 8.42 Å². The normalized spacial score (nSPS) is 16.2. The summed E-state index contributed by atoms with van der Waals surface area (Å²) in [6.45, 7) is 6.74. The zero-order chi connectivity index (χ0) is 22.0. The van der Waals surface area contributed by atoms with E-state index in [1.54, 1.807) is 18.2 Å². The molecule has 1 unspecified atom stereocenters. The van der Waals surface area contributed by atoms with E-state index < -0.39 is 15.7 Å². The summed E-state index contributed by atoms with van der Waals surface area (Å²) in [5, 5.41) is 11.7. The molecule has 0 spiro atoms. The Morgan fingerprint density at radius 1 is 1.13 bits per heavy atom. The molecule has 0 saturated carbocycles. The van der Waals surface area contributed by atoms with E-state index in [1.165, 1.54) is 4.31 Å². The summed E-state index contributed by atoms with van der Waals surface area (Å²) < 4.78 is 34.4. The molecule has 30 heavy (non-hydrogen) atoms. The van der Waals surface area contributed by atoms with Gasteiger partial charge >= 0.3 is 0 Å². The lowest BCUT2D eigenvalue weighted by Crippen LogP contribution is -2.56. The van der Waals surface area contributed by atoms with Crippen molar-refractivity contribution in [3.05, 3.63) is 59.7 Å². The highest BCUT2D eigenvalue weighted by Crippen LogP contribution is 2.35. The number of hydrogen-bond donors (Lipinski definition) is 2. The number of hydrogen-bond acceptors (Lipinski definition) is 5. The van der Waals surface area contributed by atoms with Gasteiger partial charge in [0.05, 0.1) is 11.5 Å². The molecule has 0 fully saturated rings. The maximum absolute atomic E-state index is 13.8. The van der Waals surface area contributed by atoms with E-state index in [2.05, 4.69) is 0 Å². The van der Waals surface area contributed by atoms with Gasteiger partial charge < -0.3 is 15.6 Å². The lowest BCUT2D eigenvalue weighted by molar-refractivity contribution is -0.0752. The summed E-state index contributed by atoms with van der Waals surface area (Å²) in [4.78, 5) is 0.166. The van der Waals surface area contributed by atoms with Gasteiger partial charge in [-0.05, 0) is 41.3 Å². The molecule has 1 heterocycles. The molecule has 164 valence electrons. The van der Waals surface area contributed by atoms with Crippen molar-refractivity contribution in [1.29, 1.82) is 0 Å². The summed E-state index contributed by atoms with van der Waals surface area (Å²) in [6.07, 6.45) is 0.967. The van der Waals surface area contributed by atoms with Crippen LogP contribution in [0.5, 0.6) is 5.75 Å². The third-order valence-electron chi connectivity index (χ3n) is 5.21. The second-order valence-electron chi connectivity index (χ2n) is 9.12. The molecule has 1 aliphatic heterocycles. The number of fused-ring (bicyclic) bond motifs is 1. The average molecular weight is 433 g/mol. The van der Waals surface area contributed by atoms with Gasteiger partial charge in [0.2, 0.25) is 10.0 Å². The zero-order valence-corrected chi connectivity index (χ0v) is 18.8. The summed E-state index contributed by atoms with van der Waals surface area (Å²) in [5.41, 5.74) is 5.54. The highest BCUT2D eigenvalue weighted by Gasteiger charge is 2.44. The number of sulfonamides is 1. The van der Waals surface area contributed by atoms with E-state index in [4.69, 9.17) is 10.5 Å². The van der Waals surface area contributed by atoms with Crippen LogP contribution in [0.25, 0.3) is 0 Å². The molecule has 0 saturated heterocycles. The molecule has 0 amide bonds. The molecule has 2 aromatic rings. The van der Waals surface area contributed by atoms with Crippen molar-refractivity contribution in [2.45, 2.75) is 50.7 Å². The fraction of sp³-hybridized carbons (Fsp3) is 0.478. The topological polar surface area (TPSA) is 92.9 Å². The van der Waals surface area contributed by atoms with Crippen LogP contribution in [-0.4, -0.2) is 43.3 Å². The van der Waals surface area contributed by atoms with Crippen LogP contribution in [0.2, 0.25) is 0 Å². The molecule has 7 heteroatoms. The number of nitrogens with zero attached hydrogens (tertiary/aromatic N) is 1. The molecule has 3 rings (SSSR count). The van der Waals surface area contributed by atoms with Crippen LogP contribution in [0.4, 0.5) is 0 Å². The number of rotatable bonds is 8. The molecule has 6 nitrogen and oxygen atoms in total. The molecule has 0 bridgehead atoms. The minimum Gasteiger partial charge on any atom is -0.493 e. The Balaban J connectivity index is 2.07. The number of benzene rings is 2. The minimum absolute atomic E-state index is 0.130. The van der Waals surface area contributed by atoms with Gasteiger partial charge in [0, 0.05) is 25.8 Å². The van der Waals surface area contributed by atoms with E-state index in [9.17, 15) is 13.5 Å². The first-order chi connectivity index (χ1) is 14.0. The fourth-order valence-corrected chi connectivity index (χ4v) is 5.74. The van der Waals surface area contributed by atoms with Crippen LogP contribution in [0.3, 0.4) is 0 Å². The fourth-order valence-electron chi connectivity index (χ4n) is 3.79. The Labute approximate surface area is 179 Å². The van der Waals surface area contributed by atoms with Gasteiger partial charge in [-0.15, -0.1) is 0 Å². The quantitative estimate of drug-likeness (QED) is 0.626. The number of aliphatic hydroxyl groups is 1. The number of ether oxygens (including phenoxy) is 1. The highest BCUT2D eigenvalue weighted by molar-refractivity contribution is 7.89. The standard InChI is InChI=1S/C23H32N2O4S/c1-22(2,3)17-25(23(26,12-13-24)16-18-7-5-4-6-8-18)30(27,28)20-9-10-21-19(15-20)11-14-29-21/h4-10,15,26H,11-14,16-17,24H2,1-3H3. The maximum atomic E-state index is 13.8. The van der Waals surface area contributed by atoms with E-state index in [0.29, 0.717) is 13.0 Å². The third kappa shape index (κ3) is 5.03. The van der Waals surface area contributed by atoms with Crippen LogP contribution < -0.4 is 10.5 Å². The minimum atomic E-state index is -3.98. The second kappa shape index (κ2) is 8.67. The van der Waals surface area contributed by atoms with Crippen molar-refractivity contribution >= 4 is 10.0 Å². The summed E-state index contributed by atoms with van der Waals surface area (Å²) in [6, 6.07) is 14.3. The lowest BCUT2D eigenvalue weighted by atomic mass is 9.93. The Hall–Kier alpha value is -1.93. The van der Waals surface area contributed by atoms with Crippen molar-refractivity contribution in [1.82, 2.24) is 4.31 Å². The largest absolute Gasteiger partial charge is 0.493 e. The molecule has 0 aromatic heterocycles. The second-order valence-corrected chi connectivity index (χ2v) is 11.0. The molecule has 2 aromatic carbocycles. The van der Waals surface area contributed by atoms with Crippen molar-refractivity contribution in [3.8, 4) is 5.75 Å². The average Bonchev–Trinajstić information content (AvgIpc) is 3.14. The Morgan fingerprint density at radius 2 is 1.83 bits per heavy atom. The van der Waals surface area contributed by atoms with Crippen molar-refractivity contribution in [2.75, 3.05) is 19.7 Å². The molecular weight excluding hydrogens is 400 g/mol. The Bertz CT molecular complexity index is 970. The van der Waals surface area contributed by atoms with E-state index in [1.807, 2.05) is 51.1 Å². The SMILES string of the molecule is CC(C)(C)CN(C(O)(CCN)Cc1ccccc1)S(=O)(=O)c1ccc2c(c1)CCO2. The van der Waals surface area contributed by atoms with Crippen LogP contribution in [0.15, 0.2) is 53.4 Å². The van der Waals surface area contributed by atoms with Crippen LogP contribution in [-0.2, 0) is 22.9 Å². The van der Waals surface area contributed by atoms with Gasteiger partial charge in [-0.2, -0.15) is 4.31 Å². The van der Waals surface area contributed by atoms with Crippen molar-refractivity contribution < 1.29 is 18.3 Å². The van der Waals surface area contributed by atoms with Gasteiger partial charge in [0.15, 0.2) is 0 Å². The van der Waals surface area contributed by atoms with Crippen LogP contribution in [0, 0.1) is 5.41 Å². The Morgan fingerprint density at radius 3 is 2.47 bits per heavy atom. The van der Waals surface area contributed by atoms with Crippen LogP contribution >= 0.6 is 0 Å². The third-order valence-corrected chi connectivity index (χ3v) is 7.10. The highest BCUT2D eigenvalue weighted by atomic mass is 32.2. The smallest absolute Gasteiger partial charge is 0.245 e. The Kier molecular flexibility index (Phi) is 6.57.